The molecule has 21 heavy (non-hydrogen) atoms. The summed E-state index contributed by atoms with van der Waals surface area (Å²) in [6.07, 6.45) is 0.773. The van der Waals surface area contributed by atoms with E-state index in [4.69, 9.17) is 16.2 Å². The summed E-state index contributed by atoms with van der Waals surface area (Å²) in [7, 11) is 0. The average Bonchev–Trinajstić information content (AvgIpc) is 2.73. The summed E-state index contributed by atoms with van der Waals surface area (Å²) in [4.78, 5) is 35.4. The number of nitrogens with two attached hydrogens (primary N) is 2. The number of thiophene rings is 1. The zero-order valence-corrected chi connectivity index (χ0v) is 12.8. The molecule has 0 unspecified atom stereocenters. The van der Waals surface area contributed by atoms with E-state index in [1.165, 1.54) is 0 Å². The molecule has 8 heteroatoms. The van der Waals surface area contributed by atoms with Crippen LogP contribution in [-0.4, -0.2) is 30.9 Å². The maximum absolute atomic E-state index is 12.0. The van der Waals surface area contributed by atoms with Crippen molar-refractivity contribution in [1.82, 2.24) is 0 Å². The largest absolute Gasteiger partial charge is 0.462 e. The minimum atomic E-state index is -0.648. The lowest BCUT2D eigenvalue weighted by Crippen LogP contribution is -2.15. The Morgan fingerprint density at radius 1 is 1.33 bits per heavy atom. The zero-order chi connectivity index (χ0) is 16.0. The number of hydrogen-bond acceptors (Lipinski definition) is 6. The number of rotatable bonds is 7. The monoisotopic (exact) mass is 313 g/mol. The van der Waals surface area contributed by atoms with E-state index in [0.29, 0.717) is 18.5 Å². The maximum atomic E-state index is 12.0. The Bertz CT molecular complexity index is 554. The summed E-state index contributed by atoms with van der Waals surface area (Å²) in [6.45, 7) is 3.86. The minimum absolute atomic E-state index is 0.178. The maximum Gasteiger partial charge on any atom is 0.341 e. The molecular formula is C13H19N3O4S. The third kappa shape index (κ3) is 4.27. The molecule has 1 aromatic heterocycles. The van der Waals surface area contributed by atoms with Gasteiger partial charge in [-0.05, 0) is 32.4 Å². The van der Waals surface area contributed by atoms with Crippen LogP contribution in [0.25, 0.3) is 0 Å². The summed E-state index contributed by atoms with van der Waals surface area (Å²) >= 11 is 0.972. The van der Waals surface area contributed by atoms with Gasteiger partial charge < -0.3 is 21.5 Å². The number of amides is 2. The lowest BCUT2D eigenvalue weighted by molar-refractivity contribution is -0.116. The molecule has 2 amide bonds. The summed E-state index contributed by atoms with van der Waals surface area (Å²) in [5.74, 6) is -1.51. The van der Waals surface area contributed by atoms with E-state index in [0.717, 1.165) is 11.3 Å². The van der Waals surface area contributed by atoms with Gasteiger partial charge >= 0.3 is 5.97 Å². The van der Waals surface area contributed by atoms with Gasteiger partial charge in [-0.15, -0.1) is 11.3 Å². The molecule has 0 saturated heterocycles. The standard InChI is InChI=1S/C13H19N3O4S/c1-3-20-13(19)9-7(2)10(11(15)18)21-12(9)16-8(17)5-4-6-14/h3-6,14H2,1-2H3,(H2,15,18)(H,16,17). The highest BCUT2D eigenvalue weighted by atomic mass is 32.1. The fraction of sp³-hybridized carbons (Fsp3) is 0.462. The van der Waals surface area contributed by atoms with Crippen LogP contribution in [0.1, 0.15) is 45.4 Å². The average molecular weight is 313 g/mol. The predicted molar refractivity (Wildman–Crippen MR) is 80.4 cm³/mol. The lowest BCUT2D eigenvalue weighted by atomic mass is 10.1. The van der Waals surface area contributed by atoms with Gasteiger partial charge in [0.1, 0.15) is 5.00 Å². The molecule has 0 fully saturated rings. The van der Waals surface area contributed by atoms with Crippen molar-refractivity contribution in [3.63, 3.8) is 0 Å². The van der Waals surface area contributed by atoms with E-state index >= 15 is 0 Å². The van der Waals surface area contributed by atoms with Gasteiger partial charge in [-0.25, -0.2) is 4.79 Å². The van der Waals surface area contributed by atoms with Gasteiger partial charge in [-0.1, -0.05) is 0 Å². The Labute approximate surface area is 126 Å². The molecule has 5 N–H and O–H groups in total. The fourth-order valence-corrected chi connectivity index (χ4v) is 2.80. The van der Waals surface area contributed by atoms with Crippen molar-refractivity contribution in [2.45, 2.75) is 26.7 Å². The molecule has 1 heterocycles. The molecule has 0 aliphatic rings. The quantitative estimate of drug-likeness (QED) is 0.648. The van der Waals surface area contributed by atoms with Crippen molar-refractivity contribution >= 4 is 34.1 Å². The van der Waals surface area contributed by atoms with Crippen LogP contribution in [0.4, 0.5) is 5.00 Å². The van der Waals surface area contributed by atoms with Gasteiger partial charge in [0.15, 0.2) is 0 Å². The van der Waals surface area contributed by atoms with Crippen molar-refractivity contribution in [2.75, 3.05) is 18.5 Å². The molecule has 7 nitrogen and oxygen atoms in total. The molecule has 0 bridgehead atoms. The Kier molecular flexibility index (Phi) is 6.32. The molecule has 0 spiro atoms. The van der Waals surface area contributed by atoms with Gasteiger partial charge in [-0.3, -0.25) is 9.59 Å². The van der Waals surface area contributed by atoms with Crippen LogP contribution in [0.5, 0.6) is 0 Å². The smallest absolute Gasteiger partial charge is 0.341 e. The molecule has 0 aliphatic heterocycles. The molecule has 116 valence electrons. The normalized spacial score (nSPS) is 10.2. The Balaban J connectivity index is 3.11. The first-order valence-electron chi connectivity index (χ1n) is 6.52. The van der Waals surface area contributed by atoms with Crippen molar-refractivity contribution in [3.8, 4) is 0 Å². The van der Waals surface area contributed by atoms with Crippen LogP contribution >= 0.6 is 11.3 Å². The number of carbonyl (C=O) groups is 3. The van der Waals surface area contributed by atoms with Gasteiger partial charge in [-0.2, -0.15) is 0 Å². The second-order valence-corrected chi connectivity index (χ2v) is 5.31. The predicted octanol–water partition coefficient (Wildman–Crippen LogP) is 1.01. The highest BCUT2D eigenvalue weighted by Gasteiger charge is 2.25. The van der Waals surface area contributed by atoms with Gasteiger partial charge in [0, 0.05) is 6.42 Å². The first-order chi connectivity index (χ1) is 9.92. The van der Waals surface area contributed by atoms with E-state index < -0.39 is 11.9 Å². The number of carbonyl (C=O) groups excluding carboxylic acids is 3. The topological polar surface area (TPSA) is 125 Å². The summed E-state index contributed by atoms with van der Waals surface area (Å²) in [5.41, 5.74) is 11.2. The third-order valence-corrected chi connectivity index (χ3v) is 3.93. The number of nitrogens with one attached hydrogen (secondary N) is 1. The first kappa shape index (κ1) is 17.1. The van der Waals surface area contributed by atoms with Crippen LogP contribution in [0.3, 0.4) is 0 Å². The molecular weight excluding hydrogens is 294 g/mol. The highest BCUT2D eigenvalue weighted by Crippen LogP contribution is 2.33. The van der Waals surface area contributed by atoms with Gasteiger partial charge in [0.25, 0.3) is 5.91 Å². The SMILES string of the molecule is CCOC(=O)c1c(NC(=O)CCCN)sc(C(N)=O)c1C. The number of primary amides is 1. The second-order valence-electron chi connectivity index (χ2n) is 4.29. The van der Waals surface area contributed by atoms with E-state index in [2.05, 4.69) is 5.32 Å². The van der Waals surface area contributed by atoms with Crippen molar-refractivity contribution in [1.29, 1.82) is 0 Å². The molecule has 0 radical (unpaired) electrons. The minimum Gasteiger partial charge on any atom is -0.462 e. The van der Waals surface area contributed by atoms with Crippen LogP contribution < -0.4 is 16.8 Å². The van der Waals surface area contributed by atoms with Crippen LogP contribution in [0.15, 0.2) is 0 Å². The second kappa shape index (κ2) is 7.75. The molecule has 1 aromatic rings. The molecule has 1 rings (SSSR count). The number of ether oxygens (including phenoxy) is 1. The Morgan fingerprint density at radius 2 is 2.00 bits per heavy atom. The molecule has 0 saturated carbocycles. The lowest BCUT2D eigenvalue weighted by Gasteiger charge is -2.06. The van der Waals surface area contributed by atoms with E-state index in [9.17, 15) is 14.4 Å². The van der Waals surface area contributed by atoms with Gasteiger partial charge in [0.2, 0.25) is 5.91 Å². The van der Waals surface area contributed by atoms with E-state index in [-0.39, 0.29) is 34.4 Å². The fourth-order valence-electron chi connectivity index (χ4n) is 1.74. The van der Waals surface area contributed by atoms with Crippen molar-refractivity contribution < 1.29 is 19.1 Å². The highest BCUT2D eigenvalue weighted by molar-refractivity contribution is 7.18. The molecule has 0 aliphatic carbocycles. The number of hydrogen-bond donors (Lipinski definition) is 3. The van der Waals surface area contributed by atoms with E-state index in [1.54, 1.807) is 13.8 Å². The number of esters is 1. The van der Waals surface area contributed by atoms with E-state index in [1.807, 2.05) is 0 Å². The van der Waals surface area contributed by atoms with Crippen molar-refractivity contribution in [2.24, 2.45) is 11.5 Å². The summed E-state index contributed by atoms with van der Waals surface area (Å²) < 4.78 is 4.95. The number of anilines is 1. The Morgan fingerprint density at radius 3 is 2.52 bits per heavy atom. The Hall–Kier alpha value is -1.93. The summed E-state index contributed by atoms with van der Waals surface area (Å²) in [5, 5.41) is 2.90. The molecule has 0 aromatic carbocycles. The van der Waals surface area contributed by atoms with Crippen molar-refractivity contribution in [3.05, 3.63) is 16.0 Å². The first-order valence-corrected chi connectivity index (χ1v) is 7.34. The third-order valence-electron chi connectivity index (χ3n) is 2.71. The van der Waals surface area contributed by atoms with Crippen LogP contribution in [0, 0.1) is 6.92 Å². The van der Waals surface area contributed by atoms with Gasteiger partial charge in [0.05, 0.1) is 17.0 Å². The molecule has 0 atom stereocenters. The van der Waals surface area contributed by atoms with Crippen LogP contribution in [0.2, 0.25) is 0 Å². The summed E-state index contributed by atoms with van der Waals surface area (Å²) in [6, 6.07) is 0. The van der Waals surface area contributed by atoms with Crippen LogP contribution in [-0.2, 0) is 9.53 Å². The zero-order valence-electron chi connectivity index (χ0n) is 12.0.